The second kappa shape index (κ2) is 9.22. The molecule has 0 fully saturated rings. The molecule has 0 amide bonds. The number of nitrogens with zero attached hydrogens (tertiary/aromatic N) is 2. The van der Waals surface area contributed by atoms with Crippen molar-refractivity contribution in [2.75, 3.05) is 39.3 Å². The summed E-state index contributed by atoms with van der Waals surface area (Å²) >= 11 is 0. The molecular formula is C12H26N2. The van der Waals surface area contributed by atoms with Crippen molar-refractivity contribution in [3.8, 4) is 0 Å². The second-order valence-electron chi connectivity index (χ2n) is 3.44. The van der Waals surface area contributed by atoms with Crippen LogP contribution >= 0.6 is 0 Å². The van der Waals surface area contributed by atoms with Gasteiger partial charge in [0.1, 0.15) is 0 Å². The quantitative estimate of drug-likeness (QED) is 0.552. The molecule has 0 aromatic carbocycles. The van der Waals surface area contributed by atoms with Gasteiger partial charge < -0.3 is 9.80 Å². The normalized spacial score (nSPS) is 12.1. The van der Waals surface area contributed by atoms with E-state index >= 15 is 0 Å². The molecule has 0 aliphatic heterocycles. The van der Waals surface area contributed by atoms with Gasteiger partial charge in [-0.2, -0.15) is 0 Å². The van der Waals surface area contributed by atoms with Crippen molar-refractivity contribution >= 4 is 0 Å². The summed E-state index contributed by atoms with van der Waals surface area (Å²) in [5.41, 5.74) is 0. The first-order chi connectivity index (χ1) is 6.78. The van der Waals surface area contributed by atoms with Crippen LogP contribution in [0.2, 0.25) is 0 Å². The number of hydrogen-bond acceptors (Lipinski definition) is 2. The van der Waals surface area contributed by atoms with Crippen LogP contribution in [0.4, 0.5) is 0 Å². The lowest BCUT2D eigenvalue weighted by Gasteiger charge is -2.17. The molecule has 0 heterocycles. The Morgan fingerprint density at radius 3 is 1.14 bits per heavy atom. The lowest BCUT2D eigenvalue weighted by Crippen LogP contribution is -2.24. The Morgan fingerprint density at radius 1 is 0.643 bits per heavy atom. The molecule has 14 heavy (non-hydrogen) atoms. The van der Waals surface area contributed by atoms with Gasteiger partial charge in [-0.1, -0.05) is 39.8 Å². The third-order valence-electron chi connectivity index (χ3n) is 2.68. The van der Waals surface area contributed by atoms with Crippen molar-refractivity contribution in [2.45, 2.75) is 27.7 Å². The van der Waals surface area contributed by atoms with E-state index in [9.17, 15) is 0 Å². The maximum atomic E-state index is 2.42. The maximum absolute atomic E-state index is 2.42. The van der Waals surface area contributed by atoms with Gasteiger partial charge in [0.25, 0.3) is 0 Å². The van der Waals surface area contributed by atoms with E-state index < -0.39 is 0 Å². The molecule has 0 saturated heterocycles. The Morgan fingerprint density at radius 2 is 0.929 bits per heavy atom. The highest BCUT2D eigenvalue weighted by Crippen LogP contribution is 1.90. The molecule has 0 aliphatic rings. The molecule has 0 radical (unpaired) electrons. The maximum Gasteiger partial charge on any atom is 0.0163 e. The molecule has 0 N–H and O–H groups in total. The minimum atomic E-state index is 1.09. The van der Waals surface area contributed by atoms with Crippen molar-refractivity contribution in [3.05, 3.63) is 12.2 Å². The Kier molecular flexibility index (Phi) is 9.00. The van der Waals surface area contributed by atoms with Gasteiger partial charge in [-0.15, -0.1) is 0 Å². The zero-order chi connectivity index (χ0) is 10.8. The summed E-state index contributed by atoms with van der Waals surface area (Å²) in [6.07, 6.45) is 4.57. The molecule has 0 unspecified atom stereocenters. The molecule has 0 aromatic rings. The van der Waals surface area contributed by atoms with Gasteiger partial charge in [-0.05, 0) is 26.2 Å². The molecule has 2 nitrogen and oxygen atoms in total. The van der Waals surface area contributed by atoms with E-state index in [4.69, 9.17) is 0 Å². The highest BCUT2D eigenvalue weighted by atomic mass is 15.1. The fourth-order valence-electron chi connectivity index (χ4n) is 1.41. The van der Waals surface area contributed by atoms with Crippen LogP contribution in [0.5, 0.6) is 0 Å². The summed E-state index contributed by atoms with van der Waals surface area (Å²) in [6.45, 7) is 15.6. The Balaban J connectivity index is 3.61. The van der Waals surface area contributed by atoms with Gasteiger partial charge >= 0.3 is 0 Å². The van der Waals surface area contributed by atoms with Gasteiger partial charge in [-0.3, -0.25) is 0 Å². The van der Waals surface area contributed by atoms with Crippen molar-refractivity contribution < 1.29 is 0 Å². The summed E-state index contributed by atoms with van der Waals surface area (Å²) in [5, 5.41) is 0. The Labute approximate surface area is 89.6 Å². The molecule has 0 atom stereocenters. The van der Waals surface area contributed by atoms with E-state index in [0.29, 0.717) is 0 Å². The van der Waals surface area contributed by atoms with Crippen LogP contribution in [0.3, 0.4) is 0 Å². The predicted octanol–water partition coefficient (Wildman–Crippen LogP) is 2.23. The molecule has 0 bridgehead atoms. The van der Waals surface area contributed by atoms with Crippen molar-refractivity contribution in [3.63, 3.8) is 0 Å². The van der Waals surface area contributed by atoms with E-state index in [0.717, 1.165) is 39.3 Å². The monoisotopic (exact) mass is 198 g/mol. The first-order valence-corrected chi connectivity index (χ1v) is 5.88. The summed E-state index contributed by atoms with van der Waals surface area (Å²) in [7, 11) is 0. The third-order valence-corrected chi connectivity index (χ3v) is 2.68. The molecule has 84 valence electrons. The van der Waals surface area contributed by atoms with Crippen molar-refractivity contribution in [1.82, 2.24) is 9.80 Å². The van der Waals surface area contributed by atoms with Crippen molar-refractivity contribution in [2.24, 2.45) is 0 Å². The topological polar surface area (TPSA) is 6.48 Å². The molecule has 0 spiro atoms. The average molecular weight is 198 g/mol. The van der Waals surface area contributed by atoms with Gasteiger partial charge in [0.05, 0.1) is 0 Å². The van der Waals surface area contributed by atoms with Crippen molar-refractivity contribution in [1.29, 1.82) is 0 Å². The summed E-state index contributed by atoms with van der Waals surface area (Å²) in [5.74, 6) is 0. The predicted molar refractivity (Wildman–Crippen MR) is 64.7 cm³/mol. The number of likely N-dealkylation sites (N-methyl/N-ethyl adjacent to an activating group) is 2. The molecule has 0 aromatic heterocycles. The summed E-state index contributed by atoms with van der Waals surface area (Å²) < 4.78 is 0. The van der Waals surface area contributed by atoms with Gasteiger partial charge in [0.2, 0.25) is 0 Å². The van der Waals surface area contributed by atoms with Gasteiger partial charge in [0.15, 0.2) is 0 Å². The molecule has 0 saturated carbocycles. The van der Waals surface area contributed by atoms with Crippen LogP contribution in [0.15, 0.2) is 12.2 Å². The zero-order valence-electron chi connectivity index (χ0n) is 10.3. The largest absolute Gasteiger partial charge is 0.300 e. The van der Waals surface area contributed by atoms with Gasteiger partial charge in [0, 0.05) is 13.1 Å². The van der Waals surface area contributed by atoms with Crippen LogP contribution in [0.1, 0.15) is 27.7 Å². The Bertz CT molecular complexity index is 119. The summed E-state index contributed by atoms with van der Waals surface area (Å²) in [6, 6.07) is 0. The standard InChI is InChI=1S/C12H26N2/c1-5-13(6-2)11-9-10-12-14(7-3)8-4/h9-10H,5-8,11-12H2,1-4H3. The highest BCUT2D eigenvalue weighted by Gasteiger charge is 1.95. The lowest BCUT2D eigenvalue weighted by atomic mass is 10.4. The van der Waals surface area contributed by atoms with Crippen LogP contribution < -0.4 is 0 Å². The Hall–Kier alpha value is -0.340. The van der Waals surface area contributed by atoms with E-state index in [1.165, 1.54) is 0 Å². The van der Waals surface area contributed by atoms with Crippen LogP contribution in [0, 0.1) is 0 Å². The molecule has 0 aliphatic carbocycles. The first kappa shape index (κ1) is 13.7. The highest BCUT2D eigenvalue weighted by molar-refractivity contribution is 4.87. The zero-order valence-corrected chi connectivity index (χ0v) is 10.3. The fraction of sp³-hybridized carbons (Fsp3) is 0.833. The first-order valence-electron chi connectivity index (χ1n) is 5.88. The molecular weight excluding hydrogens is 172 g/mol. The smallest absolute Gasteiger partial charge is 0.0163 e. The van der Waals surface area contributed by atoms with Crippen LogP contribution in [-0.4, -0.2) is 49.1 Å². The lowest BCUT2D eigenvalue weighted by molar-refractivity contribution is 0.328. The average Bonchev–Trinajstić information content (AvgIpc) is 2.24. The minimum Gasteiger partial charge on any atom is -0.300 e. The fourth-order valence-corrected chi connectivity index (χ4v) is 1.41. The second-order valence-corrected chi connectivity index (χ2v) is 3.44. The number of hydrogen-bond donors (Lipinski definition) is 0. The van der Waals surface area contributed by atoms with E-state index in [-0.39, 0.29) is 0 Å². The van der Waals surface area contributed by atoms with Crippen LogP contribution in [-0.2, 0) is 0 Å². The summed E-state index contributed by atoms with van der Waals surface area (Å²) in [4.78, 5) is 4.83. The molecule has 2 heteroatoms. The van der Waals surface area contributed by atoms with E-state index in [2.05, 4.69) is 49.6 Å². The van der Waals surface area contributed by atoms with E-state index in [1.54, 1.807) is 0 Å². The number of rotatable bonds is 8. The third kappa shape index (κ3) is 6.17. The molecule has 0 rings (SSSR count). The van der Waals surface area contributed by atoms with Crippen LogP contribution in [0.25, 0.3) is 0 Å². The van der Waals surface area contributed by atoms with Gasteiger partial charge in [-0.25, -0.2) is 0 Å². The van der Waals surface area contributed by atoms with E-state index in [1.807, 2.05) is 0 Å². The minimum absolute atomic E-state index is 1.09. The SMILES string of the molecule is CCN(CC)CC=CCN(CC)CC.